The van der Waals surface area contributed by atoms with Crippen molar-refractivity contribution in [1.82, 2.24) is 9.78 Å². The maximum atomic E-state index is 13.0. The number of nitrogens with zero attached hydrogens (tertiary/aromatic N) is 3. The van der Waals surface area contributed by atoms with Crippen LogP contribution in [0, 0.1) is 12.7 Å². The molecule has 2 aromatic rings. The van der Waals surface area contributed by atoms with Gasteiger partial charge in [-0.3, -0.25) is 0 Å². The first-order valence-corrected chi connectivity index (χ1v) is 6.36. The summed E-state index contributed by atoms with van der Waals surface area (Å²) in [4.78, 5) is 1.93. The molecule has 0 saturated carbocycles. The molecule has 0 unspecified atom stereocenters. The monoisotopic (exact) mass is 262 g/mol. The third kappa shape index (κ3) is 2.54. The number of anilines is 3. The van der Waals surface area contributed by atoms with E-state index in [1.807, 2.05) is 23.6 Å². The molecule has 0 bridgehead atoms. The van der Waals surface area contributed by atoms with Gasteiger partial charge in [-0.15, -0.1) is 0 Å². The lowest BCUT2D eigenvalue weighted by Gasteiger charge is -2.21. The lowest BCUT2D eigenvalue weighted by atomic mass is 10.2. The molecule has 1 aromatic carbocycles. The molecule has 0 amide bonds. The van der Waals surface area contributed by atoms with Gasteiger partial charge in [0.2, 0.25) is 0 Å². The minimum atomic E-state index is -0.247. The molecule has 0 spiro atoms. The van der Waals surface area contributed by atoms with E-state index in [-0.39, 0.29) is 5.82 Å². The second kappa shape index (κ2) is 5.30. The van der Waals surface area contributed by atoms with Crippen LogP contribution in [0.3, 0.4) is 0 Å². The van der Waals surface area contributed by atoms with Crippen molar-refractivity contribution in [3.05, 3.63) is 35.8 Å². The molecular formula is C14H19FN4. The van der Waals surface area contributed by atoms with E-state index in [4.69, 9.17) is 5.73 Å². The fourth-order valence-electron chi connectivity index (χ4n) is 2.09. The summed E-state index contributed by atoms with van der Waals surface area (Å²) in [6, 6.07) is 6.34. The number of rotatable bonds is 4. The molecule has 0 aliphatic rings. The van der Waals surface area contributed by atoms with E-state index in [1.165, 1.54) is 12.1 Å². The molecule has 0 atom stereocenters. The summed E-state index contributed by atoms with van der Waals surface area (Å²) in [5, 5.41) is 4.44. The van der Waals surface area contributed by atoms with Gasteiger partial charge in [0, 0.05) is 19.3 Å². The van der Waals surface area contributed by atoms with Crippen molar-refractivity contribution in [3.8, 4) is 0 Å². The standard InChI is InChI=1S/C14H19FN4/c1-4-9-19-14(13(16)10(2)17-19)18(3)12-7-5-11(15)6-8-12/h5-8H,4,9,16H2,1-3H3. The van der Waals surface area contributed by atoms with E-state index < -0.39 is 0 Å². The van der Waals surface area contributed by atoms with Crippen molar-refractivity contribution in [2.45, 2.75) is 26.8 Å². The summed E-state index contributed by atoms with van der Waals surface area (Å²) in [6.07, 6.45) is 0.977. The summed E-state index contributed by atoms with van der Waals surface area (Å²) < 4.78 is 14.9. The highest BCUT2D eigenvalue weighted by atomic mass is 19.1. The Morgan fingerprint density at radius 3 is 2.53 bits per heavy atom. The summed E-state index contributed by atoms with van der Waals surface area (Å²) in [6.45, 7) is 4.79. The molecule has 0 saturated heterocycles. The second-order valence-corrected chi connectivity index (χ2v) is 4.58. The SMILES string of the molecule is CCCn1nc(C)c(N)c1N(C)c1ccc(F)cc1. The predicted octanol–water partition coefficient (Wildman–Crippen LogP) is 3.09. The maximum absolute atomic E-state index is 13.0. The molecule has 0 aliphatic carbocycles. The van der Waals surface area contributed by atoms with Crippen molar-refractivity contribution < 1.29 is 4.39 Å². The molecule has 0 aliphatic heterocycles. The third-order valence-corrected chi connectivity index (χ3v) is 3.11. The highest BCUT2D eigenvalue weighted by Gasteiger charge is 2.17. The molecule has 1 heterocycles. The Bertz CT molecular complexity index is 560. The molecule has 2 N–H and O–H groups in total. The largest absolute Gasteiger partial charge is 0.394 e. The van der Waals surface area contributed by atoms with Crippen LogP contribution in [0.4, 0.5) is 21.6 Å². The number of halogens is 1. The van der Waals surface area contributed by atoms with Gasteiger partial charge in [-0.1, -0.05) is 6.92 Å². The molecule has 19 heavy (non-hydrogen) atoms. The maximum Gasteiger partial charge on any atom is 0.154 e. The number of aryl methyl sites for hydroxylation is 2. The number of hydrogen-bond donors (Lipinski definition) is 1. The fraction of sp³-hybridized carbons (Fsp3) is 0.357. The Labute approximate surface area is 112 Å². The first kappa shape index (κ1) is 13.4. The van der Waals surface area contributed by atoms with Gasteiger partial charge in [0.1, 0.15) is 5.82 Å². The van der Waals surface area contributed by atoms with Crippen LogP contribution in [-0.2, 0) is 6.54 Å². The van der Waals surface area contributed by atoms with Crippen molar-refractivity contribution in [2.75, 3.05) is 17.7 Å². The quantitative estimate of drug-likeness (QED) is 0.921. The van der Waals surface area contributed by atoms with Gasteiger partial charge in [0.05, 0.1) is 11.4 Å². The molecule has 0 radical (unpaired) electrons. The van der Waals surface area contributed by atoms with Crippen molar-refractivity contribution in [1.29, 1.82) is 0 Å². The van der Waals surface area contributed by atoms with E-state index in [1.54, 1.807) is 12.1 Å². The van der Waals surface area contributed by atoms with E-state index in [2.05, 4.69) is 12.0 Å². The first-order chi connectivity index (χ1) is 9.04. The van der Waals surface area contributed by atoms with Crippen LogP contribution in [0.15, 0.2) is 24.3 Å². The number of benzene rings is 1. The van der Waals surface area contributed by atoms with Crippen LogP contribution in [-0.4, -0.2) is 16.8 Å². The number of aromatic nitrogens is 2. The zero-order valence-electron chi connectivity index (χ0n) is 11.5. The molecule has 102 valence electrons. The summed E-state index contributed by atoms with van der Waals surface area (Å²) >= 11 is 0. The van der Waals surface area contributed by atoms with Gasteiger partial charge in [-0.2, -0.15) is 5.10 Å². The topological polar surface area (TPSA) is 47.1 Å². The van der Waals surface area contributed by atoms with Crippen molar-refractivity contribution in [3.63, 3.8) is 0 Å². The number of hydrogen-bond acceptors (Lipinski definition) is 3. The summed E-state index contributed by atoms with van der Waals surface area (Å²) in [5.41, 5.74) is 8.47. The van der Waals surface area contributed by atoms with Crippen LogP contribution < -0.4 is 10.6 Å². The first-order valence-electron chi connectivity index (χ1n) is 6.36. The molecule has 4 nitrogen and oxygen atoms in total. The van der Waals surface area contributed by atoms with Crippen LogP contribution in [0.25, 0.3) is 0 Å². The smallest absolute Gasteiger partial charge is 0.154 e. The highest BCUT2D eigenvalue weighted by molar-refractivity contribution is 5.72. The van der Waals surface area contributed by atoms with Crippen LogP contribution in [0.1, 0.15) is 19.0 Å². The van der Waals surface area contributed by atoms with Gasteiger partial charge in [-0.05, 0) is 37.6 Å². The average molecular weight is 262 g/mol. The number of nitrogens with two attached hydrogens (primary N) is 1. The van der Waals surface area contributed by atoms with E-state index in [9.17, 15) is 4.39 Å². The molecule has 0 fully saturated rings. The summed E-state index contributed by atoms with van der Waals surface area (Å²) in [7, 11) is 1.91. The van der Waals surface area contributed by atoms with Gasteiger partial charge < -0.3 is 10.6 Å². The molecule has 1 aromatic heterocycles. The van der Waals surface area contributed by atoms with Crippen LogP contribution >= 0.6 is 0 Å². The average Bonchev–Trinajstić information content (AvgIpc) is 2.66. The van der Waals surface area contributed by atoms with Crippen molar-refractivity contribution >= 4 is 17.2 Å². The lowest BCUT2D eigenvalue weighted by Crippen LogP contribution is -2.16. The Balaban J connectivity index is 2.42. The lowest BCUT2D eigenvalue weighted by molar-refractivity contribution is 0.598. The Kier molecular flexibility index (Phi) is 3.74. The van der Waals surface area contributed by atoms with Gasteiger partial charge in [-0.25, -0.2) is 9.07 Å². The molecular weight excluding hydrogens is 243 g/mol. The van der Waals surface area contributed by atoms with Crippen LogP contribution in [0.5, 0.6) is 0 Å². The predicted molar refractivity (Wildman–Crippen MR) is 76.1 cm³/mol. The van der Waals surface area contributed by atoms with Gasteiger partial charge in [0.15, 0.2) is 5.82 Å². The van der Waals surface area contributed by atoms with E-state index in [0.717, 1.165) is 30.2 Å². The van der Waals surface area contributed by atoms with Crippen molar-refractivity contribution in [2.24, 2.45) is 0 Å². The normalized spacial score (nSPS) is 10.7. The minimum absolute atomic E-state index is 0.247. The zero-order chi connectivity index (χ0) is 14.0. The highest BCUT2D eigenvalue weighted by Crippen LogP contribution is 2.31. The minimum Gasteiger partial charge on any atom is -0.394 e. The third-order valence-electron chi connectivity index (χ3n) is 3.11. The Morgan fingerprint density at radius 2 is 1.95 bits per heavy atom. The van der Waals surface area contributed by atoms with Crippen LogP contribution in [0.2, 0.25) is 0 Å². The fourth-order valence-corrected chi connectivity index (χ4v) is 2.09. The Morgan fingerprint density at radius 1 is 1.32 bits per heavy atom. The molecule has 2 rings (SSSR count). The molecule has 5 heteroatoms. The van der Waals surface area contributed by atoms with E-state index in [0.29, 0.717) is 5.69 Å². The number of nitrogen functional groups attached to an aromatic ring is 1. The zero-order valence-corrected chi connectivity index (χ0v) is 11.5. The van der Waals surface area contributed by atoms with Gasteiger partial charge in [0.25, 0.3) is 0 Å². The second-order valence-electron chi connectivity index (χ2n) is 4.58. The van der Waals surface area contributed by atoms with Gasteiger partial charge >= 0.3 is 0 Å². The van der Waals surface area contributed by atoms with E-state index >= 15 is 0 Å². The Hall–Kier alpha value is -2.04. The summed E-state index contributed by atoms with van der Waals surface area (Å²) in [5.74, 6) is 0.606.